The first-order valence-electron chi connectivity index (χ1n) is 7.81. The summed E-state index contributed by atoms with van der Waals surface area (Å²) in [5, 5.41) is 26.6. The number of allylic oxidation sites excluding steroid dienone is 3. The second kappa shape index (κ2) is 14.0. The van der Waals surface area contributed by atoms with Crippen molar-refractivity contribution in [3.63, 3.8) is 0 Å². The van der Waals surface area contributed by atoms with Crippen LogP contribution in [0.3, 0.4) is 0 Å². The highest BCUT2D eigenvalue weighted by atomic mass is 16.3. The van der Waals surface area contributed by atoms with Crippen LogP contribution in [0.4, 0.5) is 0 Å². The van der Waals surface area contributed by atoms with E-state index >= 15 is 0 Å². The zero-order valence-corrected chi connectivity index (χ0v) is 12.7. The van der Waals surface area contributed by atoms with Crippen molar-refractivity contribution in [3.8, 4) is 0 Å². The first kappa shape index (κ1) is 18.6. The Bertz CT molecular complexity index is 303. The summed E-state index contributed by atoms with van der Waals surface area (Å²) in [6.45, 7) is 2.24. The zero-order valence-electron chi connectivity index (χ0n) is 12.7. The van der Waals surface area contributed by atoms with Gasteiger partial charge in [-0.25, -0.2) is 0 Å². The smallest absolute Gasteiger partial charge is 0.192 e. The van der Waals surface area contributed by atoms with Crippen LogP contribution in [0.2, 0.25) is 0 Å². The average molecular weight is 282 g/mol. The largest absolute Gasteiger partial charge is 0.512 e. The molecule has 0 radical (unpaired) electrons. The molecule has 0 heterocycles. The molecule has 3 heteroatoms. The SMILES string of the molecule is CCCCCCCCCCCC=CC=C(O)C(O)=CO. The highest BCUT2D eigenvalue weighted by molar-refractivity contribution is 5.20. The van der Waals surface area contributed by atoms with Gasteiger partial charge in [0, 0.05) is 0 Å². The minimum atomic E-state index is -0.516. The van der Waals surface area contributed by atoms with Crippen molar-refractivity contribution in [1.29, 1.82) is 0 Å². The highest BCUT2D eigenvalue weighted by Crippen LogP contribution is 2.10. The van der Waals surface area contributed by atoms with Crippen LogP contribution in [-0.4, -0.2) is 15.3 Å². The Balaban J connectivity index is 3.40. The maximum atomic E-state index is 9.21. The molecule has 0 aromatic carbocycles. The van der Waals surface area contributed by atoms with Gasteiger partial charge in [-0.3, -0.25) is 0 Å². The summed E-state index contributed by atoms with van der Waals surface area (Å²) in [4.78, 5) is 0. The third-order valence-corrected chi connectivity index (χ3v) is 3.25. The molecule has 0 bridgehead atoms. The van der Waals surface area contributed by atoms with Crippen LogP contribution >= 0.6 is 0 Å². The Hall–Kier alpha value is -1.38. The summed E-state index contributed by atoms with van der Waals surface area (Å²) in [5.74, 6) is -0.839. The molecular weight excluding hydrogens is 252 g/mol. The lowest BCUT2D eigenvalue weighted by Gasteiger charge is -2.00. The molecule has 0 aliphatic carbocycles. The summed E-state index contributed by atoms with van der Waals surface area (Å²) in [7, 11) is 0. The molecule has 0 rings (SSSR count). The standard InChI is InChI=1S/C17H30O3/c1-2-3-4-5-6-7-8-9-10-11-12-13-14-16(19)17(20)15-18/h12-15,18-20H,2-11H2,1H3. The van der Waals surface area contributed by atoms with E-state index in [0.29, 0.717) is 6.26 Å². The quantitative estimate of drug-likeness (QED) is 0.238. The lowest BCUT2D eigenvalue weighted by molar-refractivity contribution is 0.304. The Morgan fingerprint density at radius 2 is 1.35 bits per heavy atom. The minimum Gasteiger partial charge on any atom is -0.512 e. The van der Waals surface area contributed by atoms with Gasteiger partial charge in [-0.2, -0.15) is 0 Å². The van der Waals surface area contributed by atoms with Gasteiger partial charge in [0.25, 0.3) is 0 Å². The van der Waals surface area contributed by atoms with Gasteiger partial charge in [0.2, 0.25) is 0 Å². The van der Waals surface area contributed by atoms with E-state index in [2.05, 4.69) is 6.92 Å². The first-order valence-corrected chi connectivity index (χ1v) is 7.81. The van der Waals surface area contributed by atoms with E-state index in [1.54, 1.807) is 6.08 Å². The van der Waals surface area contributed by atoms with Gasteiger partial charge in [-0.1, -0.05) is 70.4 Å². The molecule has 0 aliphatic heterocycles. The minimum absolute atomic E-state index is 0.323. The predicted octanol–water partition coefficient (Wildman–Crippen LogP) is 5.86. The van der Waals surface area contributed by atoms with Crippen LogP contribution in [0.5, 0.6) is 0 Å². The second-order valence-corrected chi connectivity index (χ2v) is 5.11. The van der Waals surface area contributed by atoms with Crippen LogP contribution in [-0.2, 0) is 0 Å². The van der Waals surface area contributed by atoms with Gasteiger partial charge in [-0.05, 0) is 18.9 Å². The van der Waals surface area contributed by atoms with E-state index in [0.717, 1.165) is 12.8 Å². The molecule has 0 unspecified atom stereocenters. The van der Waals surface area contributed by atoms with Crippen LogP contribution in [0, 0.1) is 0 Å². The fourth-order valence-corrected chi connectivity index (χ4v) is 1.98. The van der Waals surface area contributed by atoms with E-state index in [4.69, 9.17) is 10.2 Å². The zero-order chi connectivity index (χ0) is 15.1. The normalized spacial score (nSPS) is 13.2. The number of unbranched alkanes of at least 4 members (excludes halogenated alkanes) is 9. The summed E-state index contributed by atoms with van der Waals surface area (Å²) >= 11 is 0. The highest BCUT2D eigenvalue weighted by Gasteiger charge is 1.96. The van der Waals surface area contributed by atoms with Gasteiger partial charge >= 0.3 is 0 Å². The maximum absolute atomic E-state index is 9.21. The van der Waals surface area contributed by atoms with Crippen molar-refractivity contribution >= 4 is 0 Å². The van der Waals surface area contributed by atoms with E-state index in [1.807, 2.05) is 6.08 Å². The van der Waals surface area contributed by atoms with Crippen LogP contribution in [0.15, 0.2) is 36.0 Å². The van der Waals surface area contributed by atoms with Gasteiger partial charge in [0.1, 0.15) is 6.26 Å². The molecule has 0 spiro atoms. The van der Waals surface area contributed by atoms with Crippen LogP contribution < -0.4 is 0 Å². The molecule has 0 saturated heterocycles. The molecule has 0 saturated carbocycles. The number of aliphatic hydroxyl groups excluding tert-OH is 3. The van der Waals surface area contributed by atoms with E-state index in [9.17, 15) is 5.11 Å². The number of hydrogen-bond acceptors (Lipinski definition) is 3. The molecule has 0 atom stereocenters. The lowest BCUT2D eigenvalue weighted by Crippen LogP contribution is -1.85. The molecule has 3 N–H and O–H groups in total. The molecule has 0 aromatic rings. The third kappa shape index (κ3) is 11.7. The van der Waals surface area contributed by atoms with Crippen molar-refractivity contribution in [1.82, 2.24) is 0 Å². The molecule has 20 heavy (non-hydrogen) atoms. The Kier molecular flexibility index (Phi) is 13.1. The summed E-state index contributed by atoms with van der Waals surface area (Å²) in [6, 6.07) is 0. The number of aliphatic hydroxyl groups is 3. The van der Waals surface area contributed by atoms with Crippen molar-refractivity contribution in [2.24, 2.45) is 0 Å². The lowest BCUT2D eigenvalue weighted by atomic mass is 10.1. The van der Waals surface area contributed by atoms with Gasteiger partial charge < -0.3 is 15.3 Å². The summed E-state index contributed by atoms with van der Waals surface area (Å²) < 4.78 is 0. The van der Waals surface area contributed by atoms with Crippen LogP contribution in [0.1, 0.15) is 71.1 Å². The maximum Gasteiger partial charge on any atom is 0.192 e. The molecule has 0 amide bonds. The third-order valence-electron chi connectivity index (χ3n) is 3.25. The number of rotatable bonds is 12. The molecule has 116 valence electrons. The monoisotopic (exact) mass is 282 g/mol. The Morgan fingerprint density at radius 3 is 1.90 bits per heavy atom. The fourth-order valence-electron chi connectivity index (χ4n) is 1.98. The van der Waals surface area contributed by atoms with E-state index < -0.39 is 5.76 Å². The average Bonchev–Trinajstić information content (AvgIpc) is 2.47. The second-order valence-electron chi connectivity index (χ2n) is 5.11. The molecule has 0 aromatic heterocycles. The predicted molar refractivity (Wildman–Crippen MR) is 85.0 cm³/mol. The van der Waals surface area contributed by atoms with Crippen LogP contribution in [0.25, 0.3) is 0 Å². The van der Waals surface area contributed by atoms with Gasteiger partial charge in [0.05, 0.1) is 0 Å². The Labute approximate surface area is 123 Å². The van der Waals surface area contributed by atoms with Crippen molar-refractivity contribution in [2.45, 2.75) is 71.1 Å². The summed E-state index contributed by atoms with van der Waals surface area (Å²) in [5.41, 5.74) is 0. The molecule has 3 nitrogen and oxygen atoms in total. The summed E-state index contributed by atoms with van der Waals surface area (Å²) in [6.07, 6.45) is 18.3. The first-order chi connectivity index (χ1) is 9.72. The van der Waals surface area contributed by atoms with Crippen molar-refractivity contribution < 1.29 is 15.3 Å². The molecular formula is C17H30O3. The van der Waals surface area contributed by atoms with E-state index in [-0.39, 0.29) is 5.76 Å². The van der Waals surface area contributed by atoms with Crippen molar-refractivity contribution in [2.75, 3.05) is 0 Å². The van der Waals surface area contributed by atoms with E-state index in [1.165, 1.54) is 57.4 Å². The number of hydrogen-bond donors (Lipinski definition) is 3. The van der Waals surface area contributed by atoms with Crippen molar-refractivity contribution in [3.05, 3.63) is 36.0 Å². The topological polar surface area (TPSA) is 60.7 Å². The molecule has 0 fully saturated rings. The Morgan fingerprint density at radius 1 is 0.800 bits per heavy atom. The van der Waals surface area contributed by atoms with Gasteiger partial charge in [-0.15, -0.1) is 0 Å². The molecule has 0 aliphatic rings. The fraction of sp³-hybridized carbons (Fsp3) is 0.647. The van der Waals surface area contributed by atoms with Gasteiger partial charge in [0.15, 0.2) is 11.5 Å².